The maximum absolute atomic E-state index is 5.24. The summed E-state index contributed by atoms with van der Waals surface area (Å²) in [5.74, 6) is 2.58. The molecule has 1 aromatic carbocycles. The number of aryl methyl sites for hydroxylation is 1. The van der Waals surface area contributed by atoms with E-state index in [4.69, 9.17) is 4.74 Å². The molecule has 1 saturated carbocycles. The zero-order chi connectivity index (χ0) is 14.8. The molecule has 0 bridgehead atoms. The van der Waals surface area contributed by atoms with Crippen molar-refractivity contribution in [2.45, 2.75) is 31.8 Å². The number of ether oxygens (including phenoxy) is 1. The first-order chi connectivity index (χ1) is 10.2. The Kier molecular flexibility index (Phi) is 3.92. The van der Waals surface area contributed by atoms with Crippen molar-refractivity contribution >= 4 is 0 Å². The Morgan fingerprint density at radius 3 is 2.52 bits per heavy atom. The summed E-state index contributed by atoms with van der Waals surface area (Å²) in [6, 6.07) is 8.89. The molecule has 1 aliphatic rings. The summed E-state index contributed by atoms with van der Waals surface area (Å²) in [5.41, 5.74) is 1.31. The second kappa shape index (κ2) is 5.85. The van der Waals surface area contributed by atoms with Crippen LogP contribution in [0.3, 0.4) is 0 Å². The molecule has 5 nitrogen and oxygen atoms in total. The summed E-state index contributed by atoms with van der Waals surface area (Å²) in [6.45, 7) is 2.14. The van der Waals surface area contributed by atoms with E-state index in [2.05, 4.69) is 34.6 Å². The maximum atomic E-state index is 5.24. The molecule has 2 unspecified atom stereocenters. The third kappa shape index (κ3) is 3.08. The van der Waals surface area contributed by atoms with Crippen LogP contribution < -0.4 is 10.1 Å². The maximum Gasteiger partial charge on any atom is 0.149 e. The summed E-state index contributed by atoms with van der Waals surface area (Å²) in [6.07, 6.45) is 4.32. The minimum absolute atomic E-state index is 0.171. The topological polar surface area (TPSA) is 52.0 Å². The van der Waals surface area contributed by atoms with Gasteiger partial charge in [0.1, 0.15) is 17.9 Å². The molecule has 112 valence electrons. The highest BCUT2D eigenvalue weighted by atomic mass is 16.5. The Hall–Kier alpha value is -1.88. The lowest BCUT2D eigenvalue weighted by molar-refractivity contribution is 0.404. The van der Waals surface area contributed by atoms with Crippen LogP contribution in [0.25, 0.3) is 0 Å². The van der Waals surface area contributed by atoms with Gasteiger partial charge in [0.2, 0.25) is 0 Å². The second-order valence-corrected chi connectivity index (χ2v) is 5.78. The van der Waals surface area contributed by atoms with Crippen molar-refractivity contribution in [2.24, 2.45) is 13.0 Å². The first kappa shape index (κ1) is 14.1. The van der Waals surface area contributed by atoms with E-state index < -0.39 is 0 Å². The van der Waals surface area contributed by atoms with Crippen LogP contribution in [0.15, 0.2) is 30.6 Å². The van der Waals surface area contributed by atoms with E-state index in [1.54, 1.807) is 13.4 Å². The van der Waals surface area contributed by atoms with Crippen molar-refractivity contribution in [1.29, 1.82) is 0 Å². The molecule has 0 aliphatic heterocycles. The van der Waals surface area contributed by atoms with Crippen LogP contribution in [0, 0.1) is 5.92 Å². The molecule has 2 aromatic rings. The number of benzene rings is 1. The van der Waals surface area contributed by atoms with Crippen LogP contribution in [0.2, 0.25) is 0 Å². The van der Waals surface area contributed by atoms with Crippen LogP contribution in [0.5, 0.6) is 5.75 Å². The molecule has 2 atom stereocenters. The van der Waals surface area contributed by atoms with E-state index in [1.807, 2.05) is 23.7 Å². The van der Waals surface area contributed by atoms with Crippen LogP contribution >= 0.6 is 0 Å². The zero-order valence-corrected chi connectivity index (χ0v) is 12.8. The highest BCUT2D eigenvalue weighted by Gasteiger charge is 2.33. The first-order valence-electron chi connectivity index (χ1n) is 7.43. The minimum Gasteiger partial charge on any atom is -0.497 e. The highest BCUT2D eigenvalue weighted by molar-refractivity contribution is 5.30. The fourth-order valence-corrected chi connectivity index (χ4v) is 2.77. The van der Waals surface area contributed by atoms with Crippen LogP contribution in [-0.2, 0) is 7.05 Å². The van der Waals surface area contributed by atoms with E-state index in [0.717, 1.165) is 11.6 Å². The molecule has 0 amide bonds. The van der Waals surface area contributed by atoms with Crippen molar-refractivity contribution in [2.75, 3.05) is 7.11 Å². The summed E-state index contributed by atoms with van der Waals surface area (Å²) in [7, 11) is 3.68. The molecular weight excluding hydrogens is 264 g/mol. The third-order valence-electron chi connectivity index (χ3n) is 4.13. The smallest absolute Gasteiger partial charge is 0.149 e. The normalized spacial score (nSPS) is 17.5. The predicted molar refractivity (Wildman–Crippen MR) is 81.0 cm³/mol. The Morgan fingerprint density at radius 1 is 1.29 bits per heavy atom. The number of hydrogen-bond donors (Lipinski definition) is 1. The minimum atomic E-state index is 0.171. The van der Waals surface area contributed by atoms with Gasteiger partial charge in [-0.15, -0.1) is 10.2 Å². The largest absolute Gasteiger partial charge is 0.497 e. The third-order valence-corrected chi connectivity index (χ3v) is 4.13. The molecule has 1 N–H and O–H groups in total. The van der Waals surface area contributed by atoms with E-state index in [9.17, 15) is 0 Å². The Morgan fingerprint density at radius 2 is 2.00 bits per heavy atom. The van der Waals surface area contributed by atoms with E-state index in [0.29, 0.717) is 12.0 Å². The molecule has 3 rings (SSSR count). The average Bonchev–Trinajstić information content (AvgIpc) is 3.26. The van der Waals surface area contributed by atoms with Crippen LogP contribution in [-0.4, -0.2) is 21.9 Å². The van der Waals surface area contributed by atoms with Crippen molar-refractivity contribution < 1.29 is 4.74 Å². The molecule has 0 radical (unpaired) electrons. The number of nitrogens with zero attached hydrogens (tertiary/aromatic N) is 3. The van der Waals surface area contributed by atoms with Gasteiger partial charge in [0, 0.05) is 13.1 Å². The summed E-state index contributed by atoms with van der Waals surface area (Å²) in [4.78, 5) is 0. The quantitative estimate of drug-likeness (QED) is 0.887. The van der Waals surface area contributed by atoms with E-state index >= 15 is 0 Å². The van der Waals surface area contributed by atoms with Gasteiger partial charge in [0.05, 0.1) is 13.2 Å². The Bertz CT molecular complexity index is 589. The van der Waals surface area contributed by atoms with Crippen molar-refractivity contribution in [3.05, 3.63) is 42.0 Å². The average molecular weight is 286 g/mol. The fourth-order valence-electron chi connectivity index (χ4n) is 2.77. The summed E-state index contributed by atoms with van der Waals surface area (Å²) < 4.78 is 7.21. The van der Waals surface area contributed by atoms with Gasteiger partial charge in [-0.1, -0.05) is 12.1 Å². The van der Waals surface area contributed by atoms with Crippen molar-refractivity contribution in [1.82, 2.24) is 20.1 Å². The van der Waals surface area contributed by atoms with Gasteiger partial charge >= 0.3 is 0 Å². The summed E-state index contributed by atoms with van der Waals surface area (Å²) in [5, 5.41) is 11.9. The lowest BCUT2D eigenvalue weighted by Gasteiger charge is -2.23. The molecule has 21 heavy (non-hydrogen) atoms. The molecule has 0 saturated heterocycles. The number of rotatable bonds is 6. The van der Waals surface area contributed by atoms with Crippen molar-refractivity contribution in [3.63, 3.8) is 0 Å². The molecule has 5 heteroatoms. The van der Waals surface area contributed by atoms with Gasteiger partial charge in [-0.2, -0.15) is 0 Å². The molecule has 0 spiro atoms. The van der Waals surface area contributed by atoms with E-state index in [1.165, 1.54) is 18.4 Å². The van der Waals surface area contributed by atoms with Gasteiger partial charge in [0.25, 0.3) is 0 Å². The lowest BCUT2D eigenvalue weighted by atomic mass is 10.0. The van der Waals surface area contributed by atoms with E-state index in [-0.39, 0.29) is 6.04 Å². The Balaban J connectivity index is 1.77. The SMILES string of the molecule is COc1ccc(C(NC(C)c2nncn2C)C2CC2)cc1. The Labute approximate surface area is 125 Å². The standard InChI is InChI=1S/C16H22N4O/c1-11(16-19-17-10-20(16)2)18-15(12-4-5-12)13-6-8-14(21-3)9-7-13/h6-12,15,18H,4-5H2,1-3H3. The van der Waals surface area contributed by atoms with Crippen LogP contribution in [0.1, 0.15) is 43.2 Å². The number of aromatic nitrogens is 3. The predicted octanol–water partition coefficient (Wildman–Crippen LogP) is 2.63. The van der Waals surface area contributed by atoms with Gasteiger partial charge in [0.15, 0.2) is 0 Å². The van der Waals surface area contributed by atoms with Crippen LogP contribution in [0.4, 0.5) is 0 Å². The van der Waals surface area contributed by atoms with Gasteiger partial charge in [-0.05, 0) is 43.4 Å². The molecule has 1 fully saturated rings. The zero-order valence-electron chi connectivity index (χ0n) is 12.8. The van der Waals surface area contributed by atoms with Gasteiger partial charge < -0.3 is 14.6 Å². The number of nitrogens with one attached hydrogen (secondary N) is 1. The number of hydrogen-bond acceptors (Lipinski definition) is 4. The summed E-state index contributed by atoms with van der Waals surface area (Å²) >= 11 is 0. The highest BCUT2D eigenvalue weighted by Crippen LogP contribution is 2.42. The molecular formula is C16H22N4O. The monoisotopic (exact) mass is 286 g/mol. The fraction of sp³-hybridized carbons (Fsp3) is 0.500. The molecule has 1 heterocycles. The first-order valence-corrected chi connectivity index (χ1v) is 7.43. The number of methoxy groups -OCH3 is 1. The lowest BCUT2D eigenvalue weighted by Crippen LogP contribution is -2.28. The molecule has 1 aliphatic carbocycles. The molecule has 1 aromatic heterocycles. The van der Waals surface area contributed by atoms with Gasteiger partial charge in [-0.3, -0.25) is 0 Å². The van der Waals surface area contributed by atoms with Crippen molar-refractivity contribution in [3.8, 4) is 5.75 Å². The van der Waals surface area contributed by atoms with Gasteiger partial charge in [-0.25, -0.2) is 0 Å². The second-order valence-electron chi connectivity index (χ2n) is 5.78.